The third-order valence-electron chi connectivity index (χ3n) is 5.64. The fourth-order valence-corrected chi connectivity index (χ4v) is 3.85. The molecule has 178 valence electrons. The summed E-state index contributed by atoms with van der Waals surface area (Å²) in [5, 5.41) is 23.2. The number of carbonyl (C=O) groups is 1. The number of amides is 1. The Kier molecular flexibility index (Phi) is 9.74. The van der Waals surface area contributed by atoms with E-state index in [1.165, 1.54) is 0 Å². The molecule has 0 aromatic heterocycles. The van der Waals surface area contributed by atoms with E-state index >= 15 is 0 Å². The van der Waals surface area contributed by atoms with Gasteiger partial charge in [-0.1, -0.05) is 50.6 Å². The molecule has 0 saturated carbocycles. The molecule has 6 heteroatoms. The molecule has 2 rings (SSSR count). The van der Waals surface area contributed by atoms with Gasteiger partial charge in [-0.3, -0.25) is 4.79 Å². The summed E-state index contributed by atoms with van der Waals surface area (Å²) in [7, 11) is 1.55. The van der Waals surface area contributed by atoms with Crippen LogP contribution in [0.4, 0.5) is 0 Å². The second-order valence-electron chi connectivity index (χ2n) is 9.03. The van der Waals surface area contributed by atoms with Crippen LogP contribution in [-0.2, 0) is 4.79 Å². The van der Waals surface area contributed by atoms with Gasteiger partial charge in [-0.05, 0) is 43.9 Å². The van der Waals surface area contributed by atoms with E-state index in [9.17, 15) is 15.2 Å². The first kappa shape index (κ1) is 26.2. The smallest absolute Gasteiger partial charge is 0.229 e. The van der Waals surface area contributed by atoms with Crippen molar-refractivity contribution in [1.29, 1.82) is 5.26 Å². The summed E-state index contributed by atoms with van der Waals surface area (Å²) in [6, 6.07) is 15.9. The quantitative estimate of drug-likeness (QED) is 0.465. The maximum atomic E-state index is 13.2. The van der Waals surface area contributed by atoms with Crippen molar-refractivity contribution >= 4 is 5.91 Å². The number of methoxy groups -OCH3 is 1. The molecule has 2 aromatic rings. The summed E-state index contributed by atoms with van der Waals surface area (Å²) in [6.45, 7) is 8.18. The van der Waals surface area contributed by atoms with Gasteiger partial charge in [0, 0.05) is 11.6 Å². The first-order valence-corrected chi connectivity index (χ1v) is 11.5. The molecular weight excluding hydrogens is 416 g/mol. The Morgan fingerprint density at radius 2 is 1.91 bits per heavy atom. The second-order valence-corrected chi connectivity index (χ2v) is 9.03. The van der Waals surface area contributed by atoms with Crippen LogP contribution in [0.3, 0.4) is 0 Å². The average molecular weight is 453 g/mol. The fourth-order valence-electron chi connectivity index (χ4n) is 3.85. The lowest BCUT2D eigenvalue weighted by Crippen LogP contribution is -2.44. The summed E-state index contributed by atoms with van der Waals surface area (Å²) in [5.41, 5.74) is 0.105. The van der Waals surface area contributed by atoms with Crippen LogP contribution in [0.5, 0.6) is 11.5 Å². The standard InChI is InChI=1S/C27H36N2O4/c1-6-10-19(2)18-33-21-13-14-23(24(17-21)32-5)25(27(3,4)31)29-26(30)22(15-16-28)20-11-8-7-9-12-20/h7-9,11-14,17,19,22,25,31H,6,10,15,18H2,1-5H3,(H,29,30)/t19?,22?,25-/m1/s1. The topological polar surface area (TPSA) is 91.6 Å². The van der Waals surface area contributed by atoms with Gasteiger partial charge in [-0.2, -0.15) is 5.26 Å². The highest BCUT2D eigenvalue weighted by atomic mass is 16.5. The first-order valence-electron chi connectivity index (χ1n) is 11.5. The van der Waals surface area contributed by atoms with Crippen molar-refractivity contribution in [2.45, 2.75) is 64.5 Å². The number of nitriles is 1. The predicted molar refractivity (Wildman–Crippen MR) is 129 cm³/mol. The van der Waals surface area contributed by atoms with Crippen molar-refractivity contribution in [2.75, 3.05) is 13.7 Å². The van der Waals surface area contributed by atoms with E-state index in [0.717, 1.165) is 18.4 Å². The number of ether oxygens (including phenoxy) is 2. The predicted octanol–water partition coefficient (Wildman–Crippen LogP) is 5.14. The van der Waals surface area contributed by atoms with Crippen LogP contribution in [0.1, 0.15) is 70.0 Å². The van der Waals surface area contributed by atoms with Crippen LogP contribution in [0.2, 0.25) is 0 Å². The van der Waals surface area contributed by atoms with Crippen LogP contribution in [0.15, 0.2) is 48.5 Å². The minimum atomic E-state index is -1.28. The van der Waals surface area contributed by atoms with Gasteiger partial charge in [0.15, 0.2) is 0 Å². The van der Waals surface area contributed by atoms with Crippen molar-refractivity contribution < 1.29 is 19.4 Å². The highest BCUT2D eigenvalue weighted by Crippen LogP contribution is 2.36. The lowest BCUT2D eigenvalue weighted by molar-refractivity contribution is -0.125. The Bertz CT molecular complexity index is 931. The lowest BCUT2D eigenvalue weighted by Gasteiger charge is -2.33. The van der Waals surface area contributed by atoms with Crippen LogP contribution in [0.25, 0.3) is 0 Å². The number of benzene rings is 2. The van der Waals surface area contributed by atoms with Gasteiger partial charge in [0.25, 0.3) is 0 Å². The molecule has 0 bridgehead atoms. The fraction of sp³-hybridized carbons (Fsp3) is 0.481. The minimum absolute atomic E-state index is 0.0360. The normalized spacial score (nSPS) is 14.0. The lowest BCUT2D eigenvalue weighted by atomic mass is 9.89. The van der Waals surface area contributed by atoms with Gasteiger partial charge >= 0.3 is 0 Å². The monoisotopic (exact) mass is 452 g/mol. The molecule has 0 saturated heterocycles. The molecular formula is C27H36N2O4. The number of nitrogens with one attached hydrogen (secondary N) is 1. The maximum Gasteiger partial charge on any atom is 0.229 e. The van der Waals surface area contributed by atoms with E-state index in [0.29, 0.717) is 29.6 Å². The summed E-state index contributed by atoms with van der Waals surface area (Å²) >= 11 is 0. The van der Waals surface area contributed by atoms with E-state index in [2.05, 4.69) is 25.2 Å². The number of carbonyl (C=O) groups excluding carboxylic acids is 1. The van der Waals surface area contributed by atoms with E-state index in [1.54, 1.807) is 27.0 Å². The van der Waals surface area contributed by atoms with Gasteiger partial charge < -0.3 is 19.9 Å². The molecule has 33 heavy (non-hydrogen) atoms. The summed E-state index contributed by atoms with van der Waals surface area (Å²) in [6.07, 6.45) is 2.23. The van der Waals surface area contributed by atoms with Gasteiger partial charge in [-0.15, -0.1) is 0 Å². The average Bonchev–Trinajstić information content (AvgIpc) is 2.79. The van der Waals surface area contributed by atoms with Crippen molar-refractivity contribution in [2.24, 2.45) is 5.92 Å². The molecule has 2 aromatic carbocycles. The number of hydrogen-bond donors (Lipinski definition) is 2. The summed E-state index contributed by atoms with van der Waals surface area (Å²) < 4.78 is 11.5. The zero-order valence-electron chi connectivity index (χ0n) is 20.3. The zero-order valence-corrected chi connectivity index (χ0v) is 20.3. The molecule has 0 aliphatic heterocycles. The van der Waals surface area contributed by atoms with Crippen LogP contribution in [0, 0.1) is 17.2 Å². The van der Waals surface area contributed by atoms with Crippen LogP contribution >= 0.6 is 0 Å². The Morgan fingerprint density at radius 3 is 2.48 bits per heavy atom. The van der Waals surface area contributed by atoms with Gasteiger partial charge in [0.05, 0.1) is 43.8 Å². The number of hydrogen-bond acceptors (Lipinski definition) is 5. The van der Waals surface area contributed by atoms with Crippen molar-refractivity contribution in [3.63, 3.8) is 0 Å². The minimum Gasteiger partial charge on any atom is -0.496 e. The molecule has 0 spiro atoms. The van der Waals surface area contributed by atoms with E-state index < -0.39 is 17.6 Å². The van der Waals surface area contributed by atoms with Gasteiger partial charge in [0.1, 0.15) is 11.5 Å². The third kappa shape index (κ3) is 7.50. The highest BCUT2D eigenvalue weighted by Gasteiger charge is 2.34. The number of nitrogens with zero attached hydrogens (tertiary/aromatic N) is 1. The van der Waals surface area contributed by atoms with Crippen molar-refractivity contribution in [3.8, 4) is 17.6 Å². The van der Waals surface area contributed by atoms with E-state index in [1.807, 2.05) is 42.5 Å². The SMILES string of the molecule is CCCC(C)COc1ccc([C@@H](NC(=O)C(CC#N)c2ccccc2)C(C)(C)O)c(OC)c1. The van der Waals surface area contributed by atoms with E-state index in [4.69, 9.17) is 9.47 Å². The molecule has 1 amide bonds. The molecule has 0 heterocycles. The Hall–Kier alpha value is -3.04. The van der Waals surface area contributed by atoms with Crippen molar-refractivity contribution in [3.05, 3.63) is 59.7 Å². The largest absolute Gasteiger partial charge is 0.496 e. The molecule has 0 radical (unpaired) electrons. The molecule has 2 N–H and O–H groups in total. The summed E-state index contributed by atoms with van der Waals surface area (Å²) in [5.74, 6) is 0.658. The molecule has 2 unspecified atom stereocenters. The molecule has 6 nitrogen and oxygen atoms in total. The maximum absolute atomic E-state index is 13.2. The number of aliphatic hydroxyl groups is 1. The Morgan fingerprint density at radius 1 is 1.21 bits per heavy atom. The van der Waals surface area contributed by atoms with Gasteiger partial charge in [-0.25, -0.2) is 0 Å². The van der Waals surface area contributed by atoms with Crippen LogP contribution < -0.4 is 14.8 Å². The van der Waals surface area contributed by atoms with Crippen molar-refractivity contribution in [1.82, 2.24) is 5.32 Å². The number of rotatable bonds is 12. The molecule has 3 atom stereocenters. The first-order chi connectivity index (χ1) is 15.7. The molecule has 0 aliphatic rings. The van der Waals surface area contributed by atoms with Crippen LogP contribution in [-0.4, -0.2) is 30.3 Å². The molecule has 0 fully saturated rings. The zero-order chi connectivity index (χ0) is 24.4. The second kappa shape index (κ2) is 12.3. The summed E-state index contributed by atoms with van der Waals surface area (Å²) in [4.78, 5) is 13.2. The van der Waals surface area contributed by atoms with Gasteiger partial charge in [0.2, 0.25) is 5.91 Å². The van der Waals surface area contributed by atoms with E-state index in [-0.39, 0.29) is 12.3 Å². The Balaban J connectivity index is 2.30. The highest BCUT2D eigenvalue weighted by molar-refractivity contribution is 5.84. The molecule has 0 aliphatic carbocycles. The Labute approximate surface area is 197 Å². The third-order valence-corrected chi connectivity index (χ3v) is 5.64.